The molecule has 0 atom stereocenters. The summed E-state index contributed by atoms with van der Waals surface area (Å²) in [6.07, 6.45) is 0. The number of halogens is 1. The summed E-state index contributed by atoms with van der Waals surface area (Å²) in [7, 11) is 0. The third kappa shape index (κ3) is 2.99. The number of carbonyl (C=O) groups excluding carboxylic acids is 1. The Bertz CT molecular complexity index is 862. The third-order valence-electron chi connectivity index (χ3n) is 3.08. The van der Waals surface area contributed by atoms with E-state index in [0.717, 1.165) is 11.4 Å². The van der Waals surface area contributed by atoms with Crippen LogP contribution < -0.4 is 0 Å². The van der Waals surface area contributed by atoms with Crippen LogP contribution in [0.2, 0.25) is 0 Å². The summed E-state index contributed by atoms with van der Waals surface area (Å²) in [5.41, 5.74) is 2.14. The number of fused-ring (bicyclic) bond motifs is 1. The molecule has 0 N–H and O–H groups in total. The highest BCUT2D eigenvalue weighted by molar-refractivity contribution is 7.99. The van der Waals surface area contributed by atoms with Crippen molar-refractivity contribution in [3.63, 3.8) is 0 Å². The number of thioether (sulfide) groups is 1. The number of benzene rings is 1. The van der Waals surface area contributed by atoms with Crippen molar-refractivity contribution in [2.24, 2.45) is 0 Å². The van der Waals surface area contributed by atoms with Gasteiger partial charge in [-0.15, -0.1) is 5.10 Å². The average molecular weight is 316 g/mol. The summed E-state index contributed by atoms with van der Waals surface area (Å²) in [4.78, 5) is 20.6. The smallest absolute Gasteiger partial charge is 0.253 e. The lowest BCUT2D eigenvalue weighted by Crippen LogP contribution is -2.03. The number of ketones is 1. The van der Waals surface area contributed by atoms with E-state index in [1.54, 1.807) is 10.6 Å². The van der Waals surface area contributed by atoms with Gasteiger partial charge in [-0.05, 0) is 32.0 Å². The van der Waals surface area contributed by atoms with Crippen LogP contribution in [-0.2, 0) is 0 Å². The first-order valence-corrected chi connectivity index (χ1v) is 7.64. The van der Waals surface area contributed by atoms with E-state index in [9.17, 15) is 9.18 Å². The van der Waals surface area contributed by atoms with Crippen molar-refractivity contribution in [2.45, 2.75) is 19.0 Å². The number of hydrogen-bond donors (Lipinski definition) is 0. The van der Waals surface area contributed by atoms with Gasteiger partial charge in [-0.3, -0.25) is 4.79 Å². The van der Waals surface area contributed by atoms with E-state index in [1.165, 1.54) is 30.0 Å². The minimum Gasteiger partial charge on any atom is -0.293 e. The number of Topliss-reactive ketones (excluding diaryl/α,β-unsaturated/α-hetero) is 1. The normalized spacial score (nSPS) is 11.0. The van der Waals surface area contributed by atoms with Crippen LogP contribution in [0, 0.1) is 19.7 Å². The van der Waals surface area contributed by atoms with Crippen LogP contribution >= 0.6 is 11.8 Å². The molecule has 5 nitrogen and oxygen atoms in total. The van der Waals surface area contributed by atoms with Gasteiger partial charge in [0, 0.05) is 17.0 Å². The molecule has 0 spiro atoms. The van der Waals surface area contributed by atoms with Gasteiger partial charge in [0.1, 0.15) is 5.82 Å². The summed E-state index contributed by atoms with van der Waals surface area (Å²) < 4.78 is 14.8. The number of hydrogen-bond acceptors (Lipinski definition) is 5. The molecule has 0 bridgehead atoms. The van der Waals surface area contributed by atoms with E-state index in [1.807, 2.05) is 19.9 Å². The van der Waals surface area contributed by atoms with Crippen molar-refractivity contribution in [3.05, 3.63) is 53.1 Å². The minimum atomic E-state index is -0.419. The summed E-state index contributed by atoms with van der Waals surface area (Å²) in [5.74, 6) is 0.0812. The molecular formula is C15H13FN4OS. The van der Waals surface area contributed by atoms with Gasteiger partial charge < -0.3 is 0 Å². The van der Waals surface area contributed by atoms with Gasteiger partial charge in [0.15, 0.2) is 5.78 Å². The van der Waals surface area contributed by atoms with E-state index >= 15 is 0 Å². The Kier molecular flexibility index (Phi) is 3.89. The molecule has 0 saturated heterocycles. The molecule has 7 heteroatoms. The van der Waals surface area contributed by atoms with Gasteiger partial charge in [-0.1, -0.05) is 23.9 Å². The Morgan fingerprint density at radius 3 is 2.86 bits per heavy atom. The van der Waals surface area contributed by atoms with Gasteiger partial charge in [-0.2, -0.15) is 4.98 Å². The van der Waals surface area contributed by atoms with Crippen molar-refractivity contribution in [1.29, 1.82) is 0 Å². The van der Waals surface area contributed by atoms with Gasteiger partial charge in [0.05, 0.1) is 5.75 Å². The Balaban J connectivity index is 1.76. The fourth-order valence-electron chi connectivity index (χ4n) is 2.08. The number of nitrogens with zero attached hydrogens (tertiary/aromatic N) is 4. The molecule has 0 amide bonds. The molecule has 0 aliphatic rings. The lowest BCUT2D eigenvalue weighted by molar-refractivity contribution is 0.102. The highest BCUT2D eigenvalue weighted by Crippen LogP contribution is 2.17. The molecule has 3 aromatic rings. The second-order valence-corrected chi connectivity index (χ2v) is 5.81. The summed E-state index contributed by atoms with van der Waals surface area (Å²) in [6.45, 7) is 3.81. The zero-order valence-electron chi connectivity index (χ0n) is 12.1. The van der Waals surface area contributed by atoms with Gasteiger partial charge >= 0.3 is 0 Å². The summed E-state index contributed by atoms with van der Waals surface area (Å²) in [6, 6.07) is 7.57. The van der Waals surface area contributed by atoms with Crippen molar-refractivity contribution in [1.82, 2.24) is 19.6 Å². The van der Waals surface area contributed by atoms with Crippen LogP contribution in [0.25, 0.3) is 5.78 Å². The Labute approximate surface area is 130 Å². The molecular weight excluding hydrogens is 303 g/mol. The maximum atomic E-state index is 13.1. The molecule has 0 unspecified atom stereocenters. The van der Waals surface area contributed by atoms with Crippen LogP contribution in [0.3, 0.4) is 0 Å². The van der Waals surface area contributed by atoms with Crippen molar-refractivity contribution < 1.29 is 9.18 Å². The van der Waals surface area contributed by atoms with E-state index in [-0.39, 0.29) is 11.5 Å². The maximum Gasteiger partial charge on any atom is 0.253 e. The van der Waals surface area contributed by atoms with Gasteiger partial charge in [0.25, 0.3) is 5.78 Å². The van der Waals surface area contributed by atoms with Crippen LogP contribution in [0.15, 0.2) is 35.5 Å². The molecule has 0 aliphatic heterocycles. The monoisotopic (exact) mass is 316 g/mol. The minimum absolute atomic E-state index is 0.151. The van der Waals surface area contributed by atoms with E-state index in [0.29, 0.717) is 16.5 Å². The van der Waals surface area contributed by atoms with Crippen molar-refractivity contribution >= 4 is 23.3 Å². The molecule has 3 rings (SSSR count). The fraction of sp³-hybridized carbons (Fsp3) is 0.200. The van der Waals surface area contributed by atoms with Gasteiger partial charge in [-0.25, -0.2) is 13.9 Å². The van der Waals surface area contributed by atoms with Crippen LogP contribution in [0.1, 0.15) is 21.7 Å². The topological polar surface area (TPSA) is 60.2 Å². The standard InChI is InChI=1S/C15H13FN4OS/c1-9-6-10(2)20-14(17-9)18-15(19-20)22-8-13(21)11-4-3-5-12(16)7-11/h3-7H,8H2,1-2H3. The van der Waals surface area contributed by atoms with E-state index < -0.39 is 5.82 Å². The molecule has 2 heterocycles. The number of aryl methyl sites for hydroxylation is 2. The SMILES string of the molecule is Cc1cc(C)n2nc(SCC(=O)c3cccc(F)c3)nc2n1. The molecule has 0 radical (unpaired) electrons. The molecule has 22 heavy (non-hydrogen) atoms. The molecule has 1 aromatic carbocycles. The first-order valence-electron chi connectivity index (χ1n) is 6.65. The molecule has 0 saturated carbocycles. The van der Waals surface area contributed by atoms with Crippen LogP contribution in [0.4, 0.5) is 4.39 Å². The Morgan fingerprint density at radius 1 is 1.27 bits per heavy atom. The Morgan fingerprint density at radius 2 is 2.09 bits per heavy atom. The third-order valence-corrected chi connectivity index (χ3v) is 3.92. The lowest BCUT2D eigenvalue weighted by atomic mass is 10.1. The molecule has 112 valence electrons. The zero-order chi connectivity index (χ0) is 15.7. The largest absolute Gasteiger partial charge is 0.293 e. The van der Waals surface area contributed by atoms with Gasteiger partial charge in [0.2, 0.25) is 5.16 Å². The van der Waals surface area contributed by atoms with E-state index in [2.05, 4.69) is 15.1 Å². The molecule has 2 aromatic heterocycles. The predicted octanol–water partition coefficient (Wildman–Crippen LogP) is 2.86. The number of carbonyl (C=O) groups is 1. The fourth-order valence-corrected chi connectivity index (χ4v) is 2.80. The zero-order valence-corrected chi connectivity index (χ0v) is 12.9. The Hall–Kier alpha value is -2.28. The number of aromatic nitrogens is 4. The quantitative estimate of drug-likeness (QED) is 0.547. The summed E-state index contributed by atoms with van der Waals surface area (Å²) >= 11 is 1.21. The van der Waals surface area contributed by atoms with Crippen LogP contribution in [0.5, 0.6) is 0 Å². The molecule has 0 fully saturated rings. The highest BCUT2D eigenvalue weighted by atomic mass is 32.2. The average Bonchev–Trinajstić information content (AvgIpc) is 2.88. The van der Waals surface area contributed by atoms with Crippen LogP contribution in [-0.4, -0.2) is 31.1 Å². The van der Waals surface area contributed by atoms with Crippen molar-refractivity contribution in [3.8, 4) is 0 Å². The summed E-state index contributed by atoms with van der Waals surface area (Å²) in [5, 5.41) is 4.79. The second kappa shape index (κ2) is 5.84. The second-order valence-electron chi connectivity index (χ2n) is 4.87. The maximum absolute atomic E-state index is 13.1. The lowest BCUT2D eigenvalue weighted by Gasteiger charge is -1.99. The first-order chi connectivity index (χ1) is 10.5. The number of rotatable bonds is 4. The first kappa shape index (κ1) is 14.6. The predicted molar refractivity (Wildman–Crippen MR) is 81.7 cm³/mol. The van der Waals surface area contributed by atoms with E-state index in [4.69, 9.17) is 0 Å². The van der Waals surface area contributed by atoms with Crippen molar-refractivity contribution in [2.75, 3.05) is 5.75 Å². The highest BCUT2D eigenvalue weighted by Gasteiger charge is 2.12. The molecule has 0 aliphatic carbocycles.